The van der Waals surface area contributed by atoms with Gasteiger partial charge in [-0.3, -0.25) is 4.79 Å². The number of fused-ring (bicyclic) bond motifs is 3. The van der Waals surface area contributed by atoms with Gasteiger partial charge in [0.05, 0.1) is 12.5 Å². The topological polar surface area (TPSA) is 74.4 Å². The smallest absolute Gasteiger partial charge is 0.312 e. The molecule has 0 amide bonds. The van der Waals surface area contributed by atoms with Crippen molar-refractivity contribution in [3.05, 3.63) is 23.9 Å². The van der Waals surface area contributed by atoms with Gasteiger partial charge in [0.1, 0.15) is 5.60 Å². The number of nitrogens with zero attached hydrogens (tertiary/aromatic N) is 1. The van der Waals surface area contributed by atoms with Crippen LogP contribution in [0.1, 0.15) is 64.4 Å². The van der Waals surface area contributed by atoms with E-state index in [-0.39, 0.29) is 17.4 Å². The molecule has 2 bridgehead atoms. The second-order valence-electron chi connectivity index (χ2n) is 8.37. The van der Waals surface area contributed by atoms with Crippen molar-refractivity contribution < 1.29 is 14.3 Å². The fourth-order valence-electron chi connectivity index (χ4n) is 4.27. The van der Waals surface area contributed by atoms with Crippen LogP contribution >= 0.6 is 0 Å². The van der Waals surface area contributed by atoms with Gasteiger partial charge in [-0.05, 0) is 58.9 Å². The highest BCUT2D eigenvalue weighted by atomic mass is 16.6. The SMILES string of the molecule is COc1ncccc1C1CC2(C(=O)OC(C)(C)C)CCC1(N)CC2. The lowest BCUT2D eigenvalue weighted by Gasteiger charge is -2.55. The molecule has 24 heavy (non-hydrogen) atoms. The first kappa shape index (κ1) is 17.2. The average molecular weight is 332 g/mol. The number of nitrogens with two attached hydrogens (primary N) is 1. The molecule has 1 atom stereocenters. The van der Waals surface area contributed by atoms with Gasteiger partial charge in [-0.15, -0.1) is 0 Å². The highest BCUT2D eigenvalue weighted by molar-refractivity contribution is 5.78. The van der Waals surface area contributed by atoms with E-state index >= 15 is 0 Å². The van der Waals surface area contributed by atoms with E-state index in [0.29, 0.717) is 12.3 Å². The van der Waals surface area contributed by atoms with Crippen LogP contribution in [0.15, 0.2) is 18.3 Å². The minimum absolute atomic E-state index is 0.0659. The molecule has 4 rings (SSSR count). The number of hydrogen-bond acceptors (Lipinski definition) is 5. The molecule has 2 N–H and O–H groups in total. The minimum Gasteiger partial charge on any atom is -0.481 e. The van der Waals surface area contributed by atoms with Gasteiger partial charge in [0, 0.05) is 23.2 Å². The highest BCUT2D eigenvalue weighted by Gasteiger charge is 2.58. The van der Waals surface area contributed by atoms with Gasteiger partial charge in [0.15, 0.2) is 0 Å². The highest BCUT2D eigenvalue weighted by Crippen LogP contribution is 2.59. The van der Waals surface area contributed by atoms with Gasteiger partial charge >= 0.3 is 5.97 Å². The van der Waals surface area contributed by atoms with Crippen LogP contribution in [0.25, 0.3) is 0 Å². The summed E-state index contributed by atoms with van der Waals surface area (Å²) in [6.07, 6.45) is 5.69. The molecule has 3 aliphatic rings. The van der Waals surface area contributed by atoms with Crippen molar-refractivity contribution in [1.82, 2.24) is 4.98 Å². The van der Waals surface area contributed by atoms with E-state index in [1.165, 1.54) is 0 Å². The molecular weight excluding hydrogens is 304 g/mol. The maximum absolute atomic E-state index is 12.9. The number of carbonyl (C=O) groups excluding carboxylic acids is 1. The monoisotopic (exact) mass is 332 g/mol. The lowest BCUT2D eigenvalue weighted by Crippen LogP contribution is -2.59. The molecule has 3 aliphatic carbocycles. The summed E-state index contributed by atoms with van der Waals surface area (Å²) >= 11 is 0. The van der Waals surface area contributed by atoms with Crippen molar-refractivity contribution in [3.63, 3.8) is 0 Å². The summed E-state index contributed by atoms with van der Waals surface area (Å²) in [6.45, 7) is 5.76. The minimum atomic E-state index is -0.470. The predicted octanol–water partition coefficient (Wildman–Crippen LogP) is 3.18. The van der Waals surface area contributed by atoms with Crippen LogP contribution < -0.4 is 10.5 Å². The summed E-state index contributed by atoms with van der Waals surface area (Å²) in [4.78, 5) is 17.2. The Morgan fingerprint density at radius 3 is 2.54 bits per heavy atom. The van der Waals surface area contributed by atoms with Crippen molar-refractivity contribution in [1.29, 1.82) is 0 Å². The van der Waals surface area contributed by atoms with Gasteiger partial charge in [-0.1, -0.05) is 6.07 Å². The van der Waals surface area contributed by atoms with E-state index in [1.54, 1.807) is 13.3 Å². The van der Waals surface area contributed by atoms with E-state index in [9.17, 15) is 4.79 Å². The summed E-state index contributed by atoms with van der Waals surface area (Å²) in [7, 11) is 1.62. The molecule has 3 saturated carbocycles. The fourth-order valence-corrected chi connectivity index (χ4v) is 4.27. The molecule has 0 radical (unpaired) electrons. The predicted molar refractivity (Wildman–Crippen MR) is 91.8 cm³/mol. The van der Waals surface area contributed by atoms with Gasteiger partial charge in [0.2, 0.25) is 5.88 Å². The van der Waals surface area contributed by atoms with Crippen molar-refractivity contribution in [2.75, 3.05) is 7.11 Å². The number of esters is 1. The molecule has 1 unspecified atom stereocenters. The largest absolute Gasteiger partial charge is 0.481 e. The molecule has 3 fully saturated rings. The zero-order valence-electron chi connectivity index (χ0n) is 15.1. The first-order chi connectivity index (χ1) is 11.2. The zero-order valence-corrected chi connectivity index (χ0v) is 15.1. The van der Waals surface area contributed by atoms with Crippen LogP contribution in [0.4, 0.5) is 0 Å². The Labute approximate surface area is 143 Å². The molecule has 0 aromatic carbocycles. The van der Waals surface area contributed by atoms with Crippen LogP contribution in [0.2, 0.25) is 0 Å². The third-order valence-corrected chi connectivity index (χ3v) is 5.63. The Balaban J connectivity index is 1.93. The van der Waals surface area contributed by atoms with Crippen LogP contribution in [0.3, 0.4) is 0 Å². The Hall–Kier alpha value is -1.62. The Morgan fingerprint density at radius 2 is 1.96 bits per heavy atom. The molecule has 5 nitrogen and oxygen atoms in total. The van der Waals surface area contributed by atoms with Crippen molar-refractivity contribution >= 4 is 5.97 Å². The zero-order chi connectivity index (χ0) is 17.6. The van der Waals surface area contributed by atoms with Crippen molar-refractivity contribution in [2.45, 2.75) is 69.9 Å². The van der Waals surface area contributed by atoms with Gasteiger partial charge in [-0.25, -0.2) is 4.98 Å². The van der Waals surface area contributed by atoms with Crippen LogP contribution in [-0.2, 0) is 9.53 Å². The van der Waals surface area contributed by atoms with Crippen molar-refractivity contribution in [2.24, 2.45) is 11.1 Å². The molecule has 1 aromatic heterocycles. The van der Waals surface area contributed by atoms with E-state index in [2.05, 4.69) is 4.98 Å². The first-order valence-electron chi connectivity index (χ1n) is 8.70. The van der Waals surface area contributed by atoms with Crippen LogP contribution in [0.5, 0.6) is 5.88 Å². The summed E-state index contributed by atoms with van der Waals surface area (Å²) in [5.41, 5.74) is 6.56. The third-order valence-electron chi connectivity index (χ3n) is 5.63. The van der Waals surface area contributed by atoms with Crippen molar-refractivity contribution in [3.8, 4) is 5.88 Å². The molecule has 1 heterocycles. The standard InChI is InChI=1S/C19H28N2O3/c1-17(2,3)24-16(22)18-7-9-19(20,10-8-18)14(12-18)13-6-5-11-21-15(13)23-4/h5-6,11,14H,7-10,12,20H2,1-4H3. The van der Waals surface area contributed by atoms with Gasteiger partial charge in [0.25, 0.3) is 0 Å². The van der Waals surface area contributed by atoms with Crippen LogP contribution in [-0.4, -0.2) is 29.2 Å². The average Bonchev–Trinajstić information content (AvgIpc) is 2.53. The lowest BCUT2D eigenvalue weighted by molar-refractivity contribution is -0.175. The van der Waals surface area contributed by atoms with E-state index < -0.39 is 11.0 Å². The Morgan fingerprint density at radius 1 is 1.29 bits per heavy atom. The van der Waals surface area contributed by atoms with E-state index in [0.717, 1.165) is 31.2 Å². The number of ether oxygens (including phenoxy) is 2. The number of pyridine rings is 1. The number of carbonyl (C=O) groups is 1. The molecule has 0 aliphatic heterocycles. The molecule has 0 saturated heterocycles. The van der Waals surface area contributed by atoms with E-state index in [1.807, 2.05) is 32.9 Å². The number of aromatic nitrogens is 1. The first-order valence-corrected chi connectivity index (χ1v) is 8.70. The van der Waals surface area contributed by atoms with E-state index in [4.69, 9.17) is 15.2 Å². The Bertz CT molecular complexity index is 628. The Kier molecular flexibility index (Phi) is 4.11. The lowest BCUT2D eigenvalue weighted by atomic mass is 9.52. The normalized spacial score (nSPS) is 32.5. The second-order valence-corrected chi connectivity index (χ2v) is 8.37. The van der Waals surface area contributed by atoms with Gasteiger partial charge < -0.3 is 15.2 Å². The summed E-state index contributed by atoms with van der Waals surface area (Å²) in [6, 6.07) is 3.93. The molecular formula is C19H28N2O3. The quantitative estimate of drug-likeness (QED) is 0.861. The summed E-state index contributed by atoms with van der Waals surface area (Å²) in [5, 5.41) is 0. The van der Waals surface area contributed by atoms with Gasteiger partial charge in [-0.2, -0.15) is 0 Å². The molecule has 5 heteroatoms. The molecule has 132 valence electrons. The number of hydrogen-bond donors (Lipinski definition) is 1. The second kappa shape index (κ2) is 5.73. The molecule has 0 spiro atoms. The molecule has 1 aromatic rings. The number of methoxy groups -OCH3 is 1. The summed E-state index contributed by atoms with van der Waals surface area (Å²) in [5.74, 6) is 0.597. The van der Waals surface area contributed by atoms with Crippen LogP contribution in [0, 0.1) is 5.41 Å². The third kappa shape index (κ3) is 2.90. The maximum Gasteiger partial charge on any atom is 0.312 e. The number of rotatable bonds is 3. The fraction of sp³-hybridized carbons (Fsp3) is 0.684. The maximum atomic E-state index is 12.9. The summed E-state index contributed by atoms with van der Waals surface area (Å²) < 4.78 is 11.2.